The lowest BCUT2D eigenvalue weighted by Gasteiger charge is -2.18. The molecule has 0 saturated heterocycles. The van der Waals surface area contributed by atoms with Crippen molar-refractivity contribution in [3.8, 4) is 0 Å². The van der Waals surface area contributed by atoms with Crippen LogP contribution in [0.5, 0.6) is 0 Å². The molecule has 92 valence electrons. The van der Waals surface area contributed by atoms with Crippen LogP contribution in [0, 0.1) is 5.92 Å². The van der Waals surface area contributed by atoms with Gasteiger partial charge < -0.3 is 11.5 Å². The van der Waals surface area contributed by atoms with Crippen LogP contribution in [0.3, 0.4) is 0 Å². The fraction of sp³-hybridized carbons (Fsp3) is 0.385. The molecular weight excluding hydrogens is 216 g/mol. The Bertz CT molecular complexity index is 427. The van der Waals surface area contributed by atoms with Gasteiger partial charge in [0.05, 0.1) is 5.92 Å². The van der Waals surface area contributed by atoms with Crippen molar-refractivity contribution in [3.63, 3.8) is 0 Å². The van der Waals surface area contributed by atoms with E-state index in [4.69, 9.17) is 11.5 Å². The second kappa shape index (κ2) is 5.48. The average Bonchev–Trinajstić information content (AvgIpc) is 2.25. The van der Waals surface area contributed by atoms with E-state index in [-0.39, 0.29) is 0 Å². The highest BCUT2D eigenvalue weighted by atomic mass is 16.1. The molecule has 0 aromatic heterocycles. The molecule has 0 radical (unpaired) electrons. The third-order valence-electron chi connectivity index (χ3n) is 2.65. The van der Waals surface area contributed by atoms with E-state index in [1.165, 1.54) is 0 Å². The highest BCUT2D eigenvalue weighted by molar-refractivity contribution is 5.96. The molecule has 0 heterocycles. The first kappa shape index (κ1) is 13.2. The van der Waals surface area contributed by atoms with Crippen LogP contribution in [-0.4, -0.2) is 11.8 Å². The van der Waals surface area contributed by atoms with Crippen LogP contribution in [0.25, 0.3) is 0 Å². The molecule has 1 aromatic rings. The molecule has 1 aromatic carbocycles. The number of carbonyl (C=O) groups excluding carboxylic acids is 2. The quantitative estimate of drug-likeness (QED) is 0.806. The molecule has 0 aliphatic heterocycles. The summed E-state index contributed by atoms with van der Waals surface area (Å²) in [5.74, 6) is -1.10. The minimum absolute atomic E-state index is 0.313. The van der Waals surface area contributed by atoms with Crippen LogP contribution in [-0.2, 0) is 4.79 Å². The van der Waals surface area contributed by atoms with E-state index in [0.717, 1.165) is 0 Å². The SMILES string of the molecule is CC(C)C[C@H](C(N)=O)c1ccccc1C(N)=O. The maximum atomic E-state index is 11.5. The predicted molar refractivity (Wildman–Crippen MR) is 66.4 cm³/mol. The molecule has 17 heavy (non-hydrogen) atoms. The van der Waals surface area contributed by atoms with E-state index in [1.54, 1.807) is 24.3 Å². The summed E-state index contributed by atoms with van der Waals surface area (Å²) in [5.41, 5.74) is 11.7. The minimum atomic E-state index is -0.532. The molecule has 0 fully saturated rings. The van der Waals surface area contributed by atoms with E-state index in [1.807, 2.05) is 13.8 Å². The molecule has 0 spiro atoms. The largest absolute Gasteiger partial charge is 0.369 e. The van der Waals surface area contributed by atoms with Crippen molar-refractivity contribution in [2.24, 2.45) is 17.4 Å². The number of hydrogen-bond acceptors (Lipinski definition) is 2. The first-order chi connectivity index (χ1) is 7.93. The summed E-state index contributed by atoms with van der Waals surface area (Å²) in [7, 11) is 0. The van der Waals surface area contributed by atoms with Gasteiger partial charge in [-0.25, -0.2) is 0 Å². The molecule has 4 nitrogen and oxygen atoms in total. The maximum Gasteiger partial charge on any atom is 0.249 e. The second-order valence-corrected chi connectivity index (χ2v) is 4.54. The van der Waals surface area contributed by atoms with Gasteiger partial charge in [-0.05, 0) is 24.0 Å². The molecule has 1 rings (SSSR count). The first-order valence-electron chi connectivity index (χ1n) is 5.61. The zero-order valence-electron chi connectivity index (χ0n) is 10.1. The molecule has 0 bridgehead atoms. The third-order valence-corrected chi connectivity index (χ3v) is 2.65. The number of rotatable bonds is 5. The van der Waals surface area contributed by atoms with Crippen molar-refractivity contribution < 1.29 is 9.59 Å². The van der Waals surface area contributed by atoms with Crippen LogP contribution in [0.1, 0.15) is 42.1 Å². The van der Waals surface area contributed by atoms with Gasteiger partial charge >= 0.3 is 0 Å². The lowest BCUT2D eigenvalue weighted by atomic mass is 9.87. The maximum absolute atomic E-state index is 11.5. The number of amides is 2. The van der Waals surface area contributed by atoms with E-state index in [9.17, 15) is 9.59 Å². The molecule has 1 atom stereocenters. The smallest absolute Gasteiger partial charge is 0.249 e. The summed E-state index contributed by atoms with van der Waals surface area (Å²) in [5, 5.41) is 0. The summed E-state index contributed by atoms with van der Waals surface area (Å²) >= 11 is 0. The van der Waals surface area contributed by atoms with Gasteiger partial charge in [-0.2, -0.15) is 0 Å². The second-order valence-electron chi connectivity index (χ2n) is 4.54. The van der Waals surface area contributed by atoms with Crippen LogP contribution in [0.4, 0.5) is 0 Å². The van der Waals surface area contributed by atoms with E-state index in [2.05, 4.69) is 0 Å². The summed E-state index contributed by atoms with van der Waals surface area (Å²) in [6.07, 6.45) is 0.611. The summed E-state index contributed by atoms with van der Waals surface area (Å²) in [6, 6.07) is 6.85. The molecule has 0 unspecified atom stereocenters. The van der Waals surface area contributed by atoms with Crippen LogP contribution in [0.2, 0.25) is 0 Å². The molecular formula is C13H18N2O2. The van der Waals surface area contributed by atoms with Crippen LogP contribution in [0.15, 0.2) is 24.3 Å². The summed E-state index contributed by atoms with van der Waals surface area (Å²) in [4.78, 5) is 22.8. The van der Waals surface area contributed by atoms with Crippen molar-refractivity contribution >= 4 is 11.8 Å². The number of carbonyl (C=O) groups is 2. The van der Waals surface area contributed by atoms with Gasteiger partial charge in [-0.15, -0.1) is 0 Å². The fourth-order valence-corrected chi connectivity index (χ4v) is 1.89. The number of nitrogens with two attached hydrogens (primary N) is 2. The van der Waals surface area contributed by atoms with Crippen LogP contribution >= 0.6 is 0 Å². The van der Waals surface area contributed by atoms with Gasteiger partial charge in [0.15, 0.2) is 0 Å². The summed E-state index contributed by atoms with van der Waals surface area (Å²) < 4.78 is 0. The first-order valence-corrected chi connectivity index (χ1v) is 5.61. The Morgan fingerprint density at radius 3 is 2.24 bits per heavy atom. The van der Waals surface area contributed by atoms with E-state index < -0.39 is 17.7 Å². The van der Waals surface area contributed by atoms with Gasteiger partial charge in [-0.1, -0.05) is 32.0 Å². The van der Waals surface area contributed by atoms with Gasteiger partial charge in [-0.3, -0.25) is 9.59 Å². The van der Waals surface area contributed by atoms with E-state index >= 15 is 0 Å². The minimum Gasteiger partial charge on any atom is -0.369 e. The van der Waals surface area contributed by atoms with Gasteiger partial charge in [0.25, 0.3) is 0 Å². The normalized spacial score (nSPS) is 12.4. The van der Waals surface area contributed by atoms with E-state index in [0.29, 0.717) is 23.5 Å². The third kappa shape index (κ3) is 3.31. The lowest BCUT2D eigenvalue weighted by molar-refractivity contribution is -0.119. The number of primary amides is 2. The van der Waals surface area contributed by atoms with Gasteiger partial charge in [0.1, 0.15) is 0 Å². The summed E-state index contributed by atoms with van der Waals surface area (Å²) in [6.45, 7) is 4.01. The highest BCUT2D eigenvalue weighted by Gasteiger charge is 2.23. The Labute approximate surface area is 101 Å². The Kier molecular flexibility index (Phi) is 4.26. The number of hydrogen-bond donors (Lipinski definition) is 2. The monoisotopic (exact) mass is 234 g/mol. The average molecular weight is 234 g/mol. The van der Waals surface area contributed by atoms with Gasteiger partial charge in [0, 0.05) is 5.56 Å². The Morgan fingerprint density at radius 1 is 1.18 bits per heavy atom. The molecule has 2 amide bonds. The Hall–Kier alpha value is -1.84. The van der Waals surface area contributed by atoms with Crippen molar-refractivity contribution in [1.82, 2.24) is 0 Å². The zero-order chi connectivity index (χ0) is 13.0. The van der Waals surface area contributed by atoms with Crippen molar-refractivity contribution in [1.29, 1.82) is 0 Å². The fourth-order valence-electron chi connectivity index (χ4n) is 1.89. The molecule has 4 heteroatoms. The van der Waals surface area contributed by atoms with Crippen molar-refractivity contribution in [2.75, 3.05) is 0 Å². The van der Waals surface area contributed by atoms with Crippen molar-refractivity contribution in [3.05, 3.63) is 35.4 Å². The Balaban J connectivity index is 3.18. The predicted octanol–water partition coefficient (Wildman–Crippen LogP) is 1.40. The van der Waals surface area contributed by atoms with Crippen LogP contribution < -0.4 is 11.5 Å². The van der Waals surface area contributed by atoms with Crippen molar-refractivity contribution in [2.45, 2.75) is 26.2 Å². The number of benzene rings is 1. The molecule has 4 N–H and O–H groups in total. The molecule has 0 aliphatic rings. The van der Waals surface area contributed by atoms with Gasteiger partial charge in [0.2, 0.25) is 11.8 Å². The standard InChI is InChI=1S/C13H18N2O2/c1-8(2)7-11(13(15)17)9-5-3-4-6-10(9)12(14)16/h3-6,8,11H,7H2,1-2H3,(H2,14,16)(H2,15,17)/t11-/m0/s1. The highest BCUT2D eigenvalue weighted by Crippen LogP contribution is 2.26. The zero-order valence-corrected chi connectivity index (χ0v) is 10.1. The topological polar surface area (TPSA) is 86.2 Å². The lowest BCUT2D eigenvalue weighted by Crippen LogP contribution is -2.25. The molecule has 0 aliphatic carbocycles. The molecule has 0 saturated carbocycles. The Morgan fingerprint density at radius 2 is 1.76 bits per heavy atom.